The van der Waals surface area contributed by atoms with Crippen molar-refractivity contribution >= 4 is 11.2 Å². The quantitative estimate of drug-likeness (QED) is 0.765. The summed E-state index contributed by atoms with van der Waals surface area (Å²) >= 11 is 0. The zero-order valence-electron chi connectivity index (χ0n) is 15.0. The van der Waals surface area contributed by atoms with Gasteiger partial charge in [0.25, 0.3) is 0 Å². The Morgan fingerprint density at radius 3 is 2.56 bits per heavy atom. The van der Waals surface area contributed by atoms with E-state index in [1.54, 1.807) is 0 Å². The lowest BCUT2D eigenvalue weighted by Gasteiger charge is -2.39. The number of nitrogens with zero attached hydrogens (tertiary/aromatic N) is 3. The van der Waals surface area contributed by atoms with E-state index in [0.717, 1.165) is 35.2 Å². The molecule has 130 valence electrons. The van der Waals surface area contributed by atoms with E-state index in [0.29, 0.717) is 6.04 Å². The number of pyridine rings is 1. The van der Waals surface area contributed by atoms with Crippen molar-refractivity contribution in [3.63, 3.8) is 0 Å². The highest BCUT2D eigenvalue weighted by Crippen LogP contribution is 2.45. The molecule has 0 radical (unpaired) electrons. The Hall–Kier alpha value is -2.40. The van der Waals surface area contributed by atoms with Crippen LogP contribution in [0.4, 0.5) is 5.69 Å². The molecule has 3 aromatic rings. The van der Waals surface area contributed by atoms with Crippen molar-refractivity contribution in [3.05, 3.63) is 49.1 Å². The summed E-state index contributed by atoms with van der Waals surface area (Å²) in [5.41, 5.74) is 10.9. The fraction of sp³-hybridized carbons (Fsp3) is 0.400. The van der Waals surface area contributed by atoms with Crippen molar-refractivity contribution in [2.75, 3.05) is 5.32 Å². The Morgan fingerprint density at radius 2 is 1.88 bits per heavy atom. The molecular formula is C20H25N5. The largest absolute Gasteiger partial charge is 0.380 e. The van der Waals surface area contributed by atoms with Crippen LogP contribution < -0.4 is 11.1 Å². The van der Waals surface area contributed by atoms with E-state index < -0.39 is 0 Å². The van der Waals surface area contributed by atoms with E-state index in [1.165, 1.54) is 0 Å². The molecule has 4 rings (SSSR count). The minimum atomic E-state index is -0.155. The third-order valence-electron chi connectivity index (χ3n) is 6.15. The average Bonchev–Trinajstić information content (AvgIpc) is 3.11. The molecule has 1 fully saturated rings. The van der Waals surface area contributed by atoms with Gasteiger partial charge in [-0.15, -0.1) is 0 Å². The maximum absolute atomic E-state index is 6.53. The van der Waals surface area contributed by atoms with Crippen LogP contribution in [-0.2, 0) is 0 Å². The lowest BCUT2D eigenvalue weighted by Crippen LogP contribution is -2.51. The van der Waals surface area contributed by atoms with Crippen LogP contribution in [0.15, 0.2) is 49.1 Å². The molecule has 5 nitrogen and oxygen atoms in total. The molecule has 0 amide bonds. The van der Waals surface area contributed by atoms with Crippen LogP contribution in [0.1, 0.15) is 33.6 Å². The maximum atomic E-state index is 6.53. The van der Waals surface area contributed by atoms with Gasteiger partial charge in [-0.3, -0.25) is 4.98 Å². The number of nitrogens with one attached hydrogen (secondary N) is 1. The van der Waals surface area contributed by atoms with Gasteiger partial charge in [-0.25, -0.2) is 4.52 Å². The van der Waals surface area contributed by atoms with E-state index in [9.17, 15) is 0 Å². The van der Waals surface area contributed by atoms with Crippen molar-refractivity contribution in [2.24, 2.45) is 11.1 Å². The number of nitrogens with two attached hydrogens (primary N) is 1. The molecule has 3 N–H and O–H groups in total. The third kappa shape index (κ3) is 2.59. The van der Waals surface area contributed by atoms with Crippen LogP contribution in [0.3, 0.4) is 0 Å². The van der Waals surface area contributed by atoms with Crippen molar-refractivity contribution in [3.8, 4) is 11.1 Å². The van der Waals surface area contributed by atoms with Crippen LogP contribution in [0, 0.1) is 5.41 Å². The predicted molar refractivity (Wildman–Crippen MR) is 101 cm³/mol. The Morgan fingerprint density at radius 1 is 1.12 bits per heavy atom. The van der Waals surface area contributed by atoms with Crippen molar-refractivity contribution in [1.82, 2.24) is 14.6 Å². The monoisotopic (exact) mass is 335 g/mol. The van der Waals surface area contributed by atoms with Gasteiger partial charge >= 0.3 is 0 Å². The summed E-state index contributed by atoms with van der Waals surface area (Å²) in [5.74, 6) is 0. The standard InChI is InChI=1S/C20H25N5/c1-19(2)18(4-8-20(19,3)21)24-16-7-11-23-25-13-15(12-17(16)25)14-5-9-22-10-6-14/h5-7,9-13,18,24H,4,8,21H2,1-3H3/t18-,20+/m1/s1. The molecule has 0 saturated heterocycles. The summed E-state index contributed by atoms with van der Waals surface area (Å²) in [7, 11) is 0. The van der Waals surface area contributed by atoms with Crippen LogP contribution in [0.5, 0.6) is 0 Å². The van der Waals surface area contributed by atoms with Gasteiger partial charge in [0, 0.05) is 47.3 Å². The second-order valence-electron chi connectivity index (χ2n) is 7.91. The summed E-state index contributed by atoms with van der Waals surface area (Å²) in [4.78, 5) is 4.09. The van der Waals surface area contributed by atoms with E-state index in [-0.39, 0.29) is 11.0 Å². The minimum Gasteiger partial charge on any atom is -0.380 e. The normalized spacial score (nSPS) is 25.4. The average molecular weight is 335 g/mol. The molecule has 2 atom stereocenters. The molecule has 0 unspecified atom stereocenters. The first-order chi connectivity index (χ1) is 11.9. The van der Waals surface area contributed by atoms with E-state index in [2.05, 4.69) is 48.4 Å². The molecule has 1 saturated carbocycles. The van der Waals surface area contributed by atoms with Crippen molar-refractivity contribution < 1.29 is 0 Å². The fourth-order valence-electron chi connectivity index (χ4n) is 3.80. The highest BCUT2D eigenvalue weighted by molar-refractivity contribution is 5.79. The lowest BCUT2D eigenvalue weighted by molar-refractivity contribution is 0.215. The van der Waals surface area contributed by atoms with Gasteiger partial charge in [0.15, 0.2) is 0 Å². The summed E-state index contributed by atoms with van der Waals surface area (Å²) in [5, 5.41) is 8.21. The van der Waals surface area contributed by atoms with Gasteiger partial charge < -0.3 is 11.1 Å². The fourth-order valence-corrected chi connectivity index (χ4v) is 3.80. The summed E-state index contributed by atoms with van der Waals surface area (Å²) in [6, 6.07) is 8.60. The highest BCUT2D eigenvalue weighted by atomic mass is 15.2. The highest BCUT2D eigenvalue weighted by Gasteiger charge is 2.49. The Labute approximate surface area is 148 Å². The number of hydrogen-bond acceptors (Lipinski definition) is 4. The second-order valence-corrected chi connectivity index (χ2v) is 7.91. The predicted octanol–water partition coefficient (Wildman–Crippen LogP) is 3.71. The Balaban J connectivity index is 1.70. The van der Waals surface area contributed by atoms with Gasteiger partial charge in [0.2, 0.25) is 0 Å². The summed E-state index contributed by atoms with van der Waals surface area (Å²) < 4.78 is 1.93. The number of anilines is 1. The molecule has 1 aliphatic rings. The molecule has 0 aliphatic heterocycles. The van der Waals surface area contributed by atoms with Crippen molar-refractivity contribution in [2.45, 2.75) is 45.2 Å². The van der Waals surface area contributed by atoms with Gasteiger partial charge in [-0.05, 0) is 49.6 Å². The smallest absolute Gasteiger partial charge is 0.0884 e. The van der Waals surface area contributed by atoms with Crippen LogP contribution in [-0.4, -0.2) is 26.2 Å². The first-order valence-corrected chi connectivity index (χ1v) is 8.82. The number of aromatic nitrogens is 3. The minimum absolute atomic E-state index is 0.0216. The van der Waals surface area contributed by atoms with E-state index in [1.807, 2.05) is 41.3 Å². The van der Waals surface area contributed by atoms with Crippen LogP contribution in [0.2, 0.25) is 0 Å². The molecule has 3 aromatic heterocycles. The molecule has 0 spiro atoms. The lowest BCUT2D eigenvalue weighted by atomic mass is 9.75. The van der Waals surface area contributed by atoms with Gasteiger partial charge in [-0.1, -0.05) is 13.8 Å². The first-order valence-electron chi connectivity index (χ1n) is 8.82. The topological polar surface area (TPSA) is 68.2 Å². The summed E-state index contributed by atoms with van der Waals surface area (Å²) in [6.45, 7) is 6.68. The van der Waals surface area contributed by atoms with E-state index in [4.69, 9.17) is 5.73 Å². The van der Waals surface area contributed by atoms with E-state index >= 15 is 0 Å². The molecule has 25 heavy (non-hydrogen) atoms. The third-order valence-corrected chi connectivity index (χ3v) is 6.15. The Kier molecular flexibility index (Phi) is 3.58. The Bertz CT molecular complexity index is 895. The number of hydrogen-bond donors (Lipinski definition) is 2. The van der Waals surface area contributed by atoms with Gasteiger partial charge in [0.05, 0.1) is 11.2 Å². The molecule has 0 bridgehead atoms. The van der Waals surface area contributed by atoms with Gasteiger partial charge in [0.1, 0.15) is 0 Å². The molecule has 1 aliphatic carbocycles. The molecule has 0 aromatic carbocycles. The summed E-state index contributed by atoms with van der Waals surface area (Å²) in [6.07, 6.45) is 9.63. The SMILES string of the molecule is CC1(C)[C@H](Nc2ccnn3cc(-c4ccncc4)cc23)CC[C@]1(C)N. The maximum Gasteiger partial charge on any atom is 0.0884 e. The molecule has 3 heterocycles. The van der Waals surface area contributed by atoms with Crippen LogP contribution >= 0.6 is 0 Å². The first kappa shape index (κ1) is 16.1. The number of fused-ring (bicyclic) bond motifs is 1. The molecular weight excluding hydrogens is 310 g/mol. The zero-order chi connectivity index (χ0) is 17.7. The van der Waals surface area contributed by atoms with Gasteiger partial charge in [-0.2, -0.15) is 5.10 Å². The zero-order valence-corrected chi connectivity index (χ0v) is 15.0. The number of rotatable bonds is 3. The van der Waals surface area contributed by atoms with Crippen LogP contribution in [0.25, 0.3) is 16.6 Å². The second kappa shape index (κ2) is 5.56. The van der Waals surface area contributed by atoms with Crippen molar-refractivity contribution in [1.29, 1.82) is 0 Å². The molecule has 5 heteroatoms.